The fourth-order valence-electron chi connectivity index (χ4n) is 3.40. The van der Waals surface area contributed by atoms with Crippen LogP contribution in [0.4, 0.5) is 0 Å². The van der Waals surface area contributed by atoms with Crippen LogP contribution in [0.25, 0.3) is 0 Å². The number of nitrogens with zero attached hydrogens (tertiary/aromatic N) is 7. The summed E-state index contributed by atoms with van der Waals surface area (Å²) in [6.07, 6.45) is 10.1. The highest BCUT2D eigenvalue weighted by molar-refractivity contribution is 5.88. The molecule has 0 bridgehead atoms. The van der Waals surface area contributed by atoms with Gasteiger partial charge in [-0.05, 0) is 19.3 Å². The summed E-state index contributed by atoms with van der Waals surface area (Å²) in [7, 11) is 1.89. The van der Waals surface area contributed by atoms with Crippen LogP contribution in [-0.2, 0) is 18.4 Å². The van der Waals surface area contributed by atoms with E-state index in [0.717, 1.165) is 31.8 Å². The topological polar surface area (TPSA) is 93.8 Å². The van der Waals surface area contributed by atoms with Gasteiger partial charge in [-0.15, -0.1) is 5.10 Å². The van der Waals surface area contributed by atoms with Crippen LogP contribution in [0.3, 0.4) is 0 Å². The third-order valence-corrected chi connectivity index (χ3v) is 4.97. The quantitative estimate of drug-likeness (QED) is 0.772. The molecule has 1 aliphatic carbocycles. The standard InChI is InChI=1S/C16H22N8O/c1-22-15(17-11-19-22)10-23-8-13(14(9-23)24-6-5-18-21-24)20-16(25)7-12-3-2-4-12/h5-7,11,13-14H,2-4,8-10H2,1H3,(H,20,25)/t13-,14+/m1/s1. The summed E-state index contributed by atoms with van der Waals surface area (Å²) in [5, 5.41) is 15.3. The molecule has 0 aromatic carbocycles. The van der Waals surface area contributed by atoms with Gasteiger partial charge in [-0.25, -0.2) is 9.67 Å². The molecule has 1 saturated heterocycles. The number of aromatic nitrogens is 6. The van der Waals surface area contributed by atoms with Crippen LogP contribution in [0.5, 0.6) is 0 Å². The van der Waals surface area contributed by atoms with E-state index in [1.165, 1.54) is 12.0 Å². The second-order valence-electron chi connectivity index (χ2n) is 6.72. The van der Waals surface area contributed by atoms with Crippen molar-refractivity contribution in [2.75, 3.05) is 13.1 Å². The smallest absolute Gasteiger partial charge is 0.244 e. The van der Waals surface area contributed by atoms with Crippen molar-refractivity contribution >= 4 is 5.91 Å². The molecular weight excluding hydrogens is 320 g/mol. The van der Waals surface area contributed by atoms with Crippen molar-refractivity contribution in [1.82, 2.24) is 40.0 Å². The molecule has 1 amide bonds. The lowest BCUT2D eigenvalue weighted by molar-refractivity contribution is -0.117. The fourth-order valence-corrected chi connectivity index (χ4v) is 3.40. The Kier molecular flexibility index (Phi) is 4.31. The minimum absolute atomic E-state index is 0.00896. The van der Waals surface area contributed by atoms with Crippen molar-refractivity contribution < 1.29 is 4.79 Å². The molecule has 2 atom stereocenters. The largest absolute Gasteiger partial charge is 0.346 e. The maximum Gasteiger partial charge on any atom is 0.244 e. The Balaban J connectivity index is 1.46. The maximum absolute atomic E-state index is 12.3. The number of rotatable bonds is 5. The second-order valence-corrected chi connectivity index (χ2v) is 6.72. The lowest BCUT2D eigenvalue weighted by Crippen LogP contribution is -2.41. The molecule has 2 aromatic heterocycles. The average Bonchev–Trinajstić information content (AvgIpc) is 3.26. The molecule has 2 fully saturated rings. The number of allylic oxidation sites excluding steroid dienone is 1. The average molecular weight is 342 g/mol. The Labute approximate surface area is 145 Å². The first kappa shape index (κ1) is 15.9. The first-order valence-corrected chi connectivity index (χ1v) is 8.60. The summed E-state index contributed by atoms with van der Waals surface area (Å²) in [6, 6.07) is 0.0406. The molecule has 1 saturated carbocycles. The van der Waals surface area contributed by atoms with Crippen LogP contribution >= 0.6 is 0 Å². The Hall–Kier alpha value is -2.55. The first-order valence-electron chi connectivity index (χ1n) is 8.60. The highest BCUT2D eigenvalue weighted by Gasteiger charge is 2.36. The van der Waals surface area contributed by atoms with Crippen LogP contribution in [-0.4, -0.2) is 59.7 Å². The molecule has 9 heteroatoms. The number of carbonyl (C=O) groups is 1. The van der Waals surface area contributed by atoms with E-state index in [4.69, 9.17) is 0 Å². The van der Waals surface area contributed by atoms with Gasteiger partial charge in [0.05, 0.1) is 24.8 Å². The van der Waals surface area contributed by atoms with Crippen molar-refractivity contribution in [2.45, 2.75) is 37.9 Å². The van der Waals surface area contributed by atoms with Gasteiger partial charge >= 0.3 is 0 Å². The van der Waals surface area contributed by atoms with Crippen molar-refractivity contribution in [1.29, 1.82) is 0 Å². The van der Waals surface area contributed by atoms with Crippen molar-refractivity contribution in [3.05, 3.63) is 36.2 Å². The summed E-state index contributed by atoms with van der Waals surface area (Å²) < 4.78 is 3.61. The Bertz CT molecular complexity index is 759. The lowest BCUT2D eigenvalue weighted by Gasteiger charge is -2.20. The van der Waals surface area contributed by atoms with E-state index in [0.29, 0.717) is 6.54 Å². The second kappa shape index (κ2) is 6.75. The molecule has 132 valence electrons. The van der Waals surface area contributed by atoms with E-state index >= 15 is 0 Å². The minimum atomic E-state index is -0.0145. The zero-order valence-electron chi connectivity index (χ0n) is 14.2. The highest BCUT2D eigenvalue weighted by Crippen LogP contribution is 2.26. The van der Waals surface area contributed by atoms with E-state index in [-0.39, 0.29) is 18.0 Å². The van der Waals surface area contributed by atoms with Gasteiger partial charge in [-0.3, -0.25) is 14.4 Å². The molecule has 1 N–H and O–H groups in total. The van der Waals surface area contributed by atoms with Crippen molar-refractivity contribution in [3.63, 3.8) is 0 Å². The molecule has 2 aliphatic rings. The lowest BCUT2D eigenvalue weighted by atomic mass is 9.92. The predicted octanol–water partition coefficient (Wildman–Crippen LogP) is 0.0586. The Morgan fingerprint density at radius 1 is 1.40 bits per heavy atom. The fraction of sp³-hybridized carbons (Fsp3) is 0.562. The summed E-state index contributed by atoms with van der Waals surface area (Å²) in [6.45, 7) is 2.21. The SMILES string of the molecule is Cn1ncnc1CN1C[C@@H](NC(=O)C=C2CCC2)[C@@H](n2ccnn2)C1. The van der Waals surface area contributed by atoms with Crippen LogP contribution in [0.2, 0.25) is 0 Å². The number of hydrogen-bond acceptors (Lipinski definition) is 6. The number of hydrogen-bond donors (Lipinski definition) is 1. The molecule has 3 heterocycles. The third-order valence-electron chi connectivity index (χ3n) is 4.97. The van der Waals surface area contributed by atoms with Crippen LogP contribution < -0.4 is 5.32 Å². The Morgan fingerprint density at radius 2 is 2.28 bits per heavy atom. The molecule has 0 radical (unpaired) electrons. The molecule has 0 spiro atoms. The van der Waals surface area contributed by atoms with Gasteiger partial charge in [0.2, 0.25) is 5.91 Å². The zero-order chi connectivity index (χ0) is 17.2. The van der Waals surface area contributed by atoms with Gasteiger partial charge in [0.15, 0.2) is 0 Å². The number of carbonyl (C=O) groups excluding carboxylic acids is 1. The van der Waals surface area contributed by atoms with Gasteiger partial charge < -0.3 is 5.32 Å². The van der Waals surface area contributed by atoms with E-state index in [1.807, 2.05) is 17.9 Å². The van der Waals surface area contributed by atoms with Crippen molar-refractivity contribution in [3.8, 4) is 0 Å². The minimum Gasteiger partial charge on any atom is -0.346 e. The van der Waals surface area contributed by atoms with Gasteiger partial charge in [0.1, 0.15) is 12.2 Å². The van der Waals surface area contributed by atoms with Crippen molar-refractivity contribution in [2.24, 2.45) is 7.05 Å². The maximum atomic E-state index is 12.3. The molecule has 2 aromatic rings. The van der Waals surface area contributed by atoms with E-state index in [9.17, 15) is 4.79 Å². The first-order chi connectivity index (χ1) is 12.2. The number of likely N-dealkylation sites (tertiary alicyclic amines) is 1. The van der Waals surface area contributed by atoms with Crippen LogP contribution in [0, 0.1) is 0 Å². The van der Waals surface area contributed by atoms with E-state index in [1.54, 1.807) is 23.3 Å². The van der Waals surface area contributed by atoms with E-state index < -0.39 is 0 Å². The predicted molar refractivity (Wildman–Crippen MR) is 89.2 cm³/mol. The van der Waals surface area contributed by atoms with Gasteiger partial charge in [-0.1, -0.05) is 10.8 Å². The molecule has 25 heavy (non-hydrogen) atoms. The van der Waals surface area contributed by atoms with Gasteiger partial charge in [0.25, 0.3) is 0 Å². The molecular formula is C16H22N8O. The monoisotopic (exact) mass is 342 g/mol. The third kappa shape index (κ3) is 3.46. The number of aryl methyl sites for hydroxylation is 1. The molecule has 1 aliphatic heterocycles. The normalized spacial score (nSPS) is 23.5. The number of nitrogens with one attached hydrogen (secondary N) is 1. The van der Waals surface area contributed by atoms with Gasteiger partial charge in [-0.2, -0.15) is 5.10 Å². The van der Waals surface area contributed by atoms with Crippen LogP contribution in [0.15, 0.2) is 30.4 Å². The summed E-state index contributed by atoms with van der Waals surface area (Å²) >= 11 is 0. The summed E-state index contributed by atoms with van der Waals surface area (Å²) in [4.78, 5) is 18.9. The molecule has 0 unspecified atom stereocenters. The molecule has 4 rings (SSSR count). The van der Waals surface area contributed by atoms with Gasteiger partial charge in [0, 0.05) is 32.4 Å². The van der Waals surface area contributed by atoms with E-state index in [2.05, 4.69) is 30.6 Å². The number of amides is 1. The summed E-state index contributed by atoms with van der Waals surface area (Å²) in [5.41, 5.74) is 1.24. The highest BCUT2D eigenvalue weighted by atomic mass is 16.1. The Morgan fingerprint density at radius 3 is 2.92 bits per heavy atom. The summed E-state index contributed by atoms with van der Waals surface area (Å²) in [5.74, 6) is 0.895. The molecule has 9 nitrogen and oxygen atoms in total. The van der Waals surface area contributed by atoms with Crippen LogP contribution in [0.1, 0.15) is 31.1 Å². The zero-order valence-corrected chi connectivity index (χ0v) is 14.2.